The maximum absolute atomic E-state index is 12.4. The summed E-state index contributed by atoms with van der Waals surface area (Å²) in [6, 6.07) is 0. The monoisotopic (exact) mass is 389 g/mol. The van der Waals surface area contributed by atoms with Gasteiger partial charge in [-0.05, 0) is 38.7 Å². The number of carbonyl (C=O) groups is 2. The fourth-order valence-corrected chi connectivity index (χ4v) is 4.39. The second-order valence-electron chi connectivity index (χ2n) is 6.99. The molecule has 2 amide bonds. The van der Waals surface area contributed by atoms with Crippen LogP contribution in [0.2, 0.25) is 0 Å². The molecule has 0 radical (unpaired) electrons. The molecule has 0 aromatic carbocycles. The quantitative estimate of drug-likeness (QED) is 0.791. The van der Waals surface area contributed by atoms with Crippen molar-refractivity contribution < 1.29 is 9.59 Å². The van der Waals surface area contributed by atoms with E-state index in [-0.39, 0.29) is 24.3 Å². The lowest BCUT2D eigenvalue weighted by Gasteiger charge is -2.32. The highest BCUT2D eigenvalue weighted by Gasteiger charge is 2.27. The van der Waals surface area contributed by atoms with E-state index < -0.39 is 0 Å². The zero-order valence-electron chi connectivity index (χ0n) is 16.2. The van der Waals surface area contributed by atoms with Crippen molar-refractivity contribution in [1.29, 1.82) is 0 Å². The Bertz CT molecular complexity index is 827. The Labute approximate surface area is 163 Å². The Balaban J connectivity index is 1.58. The number of fused-ring (bicyclic) bond motifs is 1. The molecule has 2 N–H and O–H groups in total. The summed E-state index contributed by atoms with van der Waals surface area (Å²) in [4.78, 5) is 37.5. The van der Waals surface area contributed by atoms with Crippen LogP contribution in [0.1, 0.15) is 36.6 Å². The first-order chi connectivity index (χ1) is 13.0. The average Bonchev–Trinajstić information content (AvgIpc) is 2.98. The largest absolute Gasteiger partial charge is 0.356 e. The van der Waals surface area contributed by atoms with Gasteiger partial charge in [-0.25, -0.2) is 9.97 Å². The molecular weight excluding hydrogens is 362 g/mol. The fourth-order valence-electron chi connectivity index (χ4n) is 3.40. The van der Waals surface area contributed by atoms with Crippen molar-refractivity contribution in [3.63, 3.8) is 0 Å². The number of amides is 2. The average molecular weight is 390 g/mol. The molecule has 0 spiro atoms. The summed E-state index contributed by atoms with van der Waals surface area (Å²) in [7, 11) is 0. The lowest BCUT2D eigenvalue weighted by atomic mass is 9.95. The molecule has 1 fully saturated rings. The van der Waals surface area contributed by atoms with E-state index in [1.165, 1.54) is 10.4 Å². The van der Waals surface area contributed by atoms with E-state index >= 15 is 0 Å². The number of anilines is 1. The molecular formula is C19H27N5O2S. The minimum Gasteiger partial charge on any atom is -0.356 e. The molecule has 1 aliphatic heterocycles. The highest BCUT2D eigenvalue weighted by Crippen LogP contribution is 2.35. The number of aromatic nitrogens is 2. The third-order valence-corrected chi connectivity index (χ3v) is 6.22. The number of hydrogen-bond donors (Lipinski definition) is 2. The molecule has 8 heteroatoms. The molecule has 0 bridgehead atoms. The minimum absolute atomic E-state index is 0.0308. The normalized spacial score (nSPS) is 15.1. The zero-order valence-corrected chi connectivity index (χ0v) is 17.0. The molecule has 2 aromatic rings. The Morgan fingerprint density at radius 2 is 1.96 bits per heavy atom. The number of hydrogen-bond acceptors (Lipinski definition) is 6. The topological polar surface area (TPSA) is 87.2 Å². The Kier molecular flexibility index (Phi) is 6.26. The van der Waals surface area contributed by atoms with Gasteiger partial charge in [0.05, 0.1) is 11.9 Å². The Hall–Kier alpha value is -2.22. The van der Waals surface area contributed by atoms with Crippen LogP contribution < -0.4 is 15.5 Å². The van der Waals surface area contributed by atoms with Gasteiger partial charge >= 0.3 is 0 Å². The number of piperidine rings is 1. The van der Waals surface area contributed by atoms with E-state index in [2.05, 4.69) is 39.3 Å². The molecule has 27 heavy (non-hydrogen) atoms. The van der Waals surface area contributed by atoms with Crippen molar-refractivity contribution in [2.45, 2.75) is 40.0 Å². The lowest BCUT2D eigenvalue weighted by molar-refractivity contribution is -0.129. The van der Waals surface area contributed by atoms with Crippen molar-refractivity contribution in [3.05, 3.63) is 16.8 Å². The fraction of sp³-hybridized carbons (Fsp3) is 0.579. The van der Waals surface area contributed by atoms with Crippen molar-refractivity contribution in [1.82, 2.24) is 20.6 Å². The highest BCUT2D eigenvalue weighted by molar-refractivity contribution is 7.18. The van der Waals surface area contributed by atoms with Crippen molar-refractivity contribution in [2.75, 3.05) is 31.1 Å². The molecule has 7 nitrogen and oxygen atoms in total. The van der Waals surface area contributed by atoms with Crippen LogP contribution in [-0.2, 0) is 9.59 Å². The van der Waals surface area contributed by atoms with Crippen LogP contribution in [0.25, 0.3) is 10.2 Å². The summed E-state index contributed by atoms with van der Waals surface area (Å²) >= 11 is 1.70. The van der Waals surface area contributed by atoms with Gasteiger partial charge in [0.2, 0.25) is 11.8 Å². The van der Waals surface area contributed by atoms with Crippen molar-refractivity contribution in [2.24, 2.45) is 5.92 Å². The Morgan fingerprint density at radius 3 is 2.67 bits per heavy atom. The first-order valence-electron chi connectivity index (χ1n) is 9.51. The summed E-state index contributed by atoms with van der Waals surface area (Å²) < 4.78 is 0. The SMILES string of the molecule is CCCNC(=O)CNC(=O)C1CCN(c2ncnc3sc(C)c(C)c23)CC1. The molecule has 0 aliphatic carbocycles. The highest BCUT2D eigenvalue weighted by atomic mass is 32.1. The van der Waals surface area contributed by atoms with Gasteiger partial charge in [0.15, 0.2) is 0 Å². The van der Waals surface area contributed by atoms with E-state index in [1.54, 1.807) is 17.7 Å². The molecule has 0 atom stereocenters. The van der Waals surface area contributed by atoms with E-state index in [0.717, 1.165) is 48.4 Å². The number of nitrogens with zero attached hydrogens (tertiary/aromatic N) is 3. The Morgan fingerprint density at radius 1 is 1.22 bits per heavy atom. The van der Waals surface area contributed by atoms with E-state index in [9.17, 15) is 9.59 Å². The summed E-state index contributed by atoms with van der Waals surface area (Å²) in [5, 5.41) is 6.67. The van der Waals surface area contributed by atoms with E-state index in [1.807, 2.05) is 6.92 Å². The first-order valence-corrected chi connectivity index (χ1v) is 10.3. The number of carbonyl (C=O) groups excluding carboxylic acids is 2. The third-order valence-electron chi connectivity index (χ3n) is 5.11. The summed E-state index contributed by atoms with van der Waals surface area (Å²) in [5.74, 6) is 0.758. The summed E-state index contributed by atoms with van der Waals surface area (Å²) in [5.41, 5.74) is 1.24. The van der Waals surface area contributed by atoms with Crippen LogP contribution in [0.5, 0.6) is 0 Å². The van der Waals surface area contributed by atoms with Crippen LogP contribution in [0.4, 0.5) is 5.82 Å². The minimum atomic E-state index is -0.130. The second-order valence-corrected chi connectivity index (χ2v) is 8.19. The van der Waals surface area contributed by atoms with Gasteiger partial charge in [-0.2, -0.15) is 0 Å². The molecule has 1 aliphatic rings. The van der Waals surface area contributed by atoms with Gasteiger partial charge < -0.3 is 15.5 Å². The molecule has 0 unspecified atom stereocenters. The number of rotatable bonds is 6. The number of thiophene rings is 1. The van der Waals surface area contributed by atoms with Crippen molar-refractivity contribution >= 4 is 39.2 Å². The first kappa shape index (κ1) is 19.5. The standard InChI is InChI=1S/C19H27N5O2S/c1-4-7-20-15(25)10-21-18(26)14-5-8-24(9-6-14)17-16-12(2)13(3)27-19(16)23-11-22-17/h11,14H,4-10H2,1-3H3,(H,20,25)(H,21,26). The van der Waals surface area contributed by atoms with Crippen LogP contribution in [0.15, 0.2) is 6.33 Å². The maximum Gasteiger partial charge on any atom is 0.239 e. The molecule has 146 valence electrons. The molecule has 3 heterocycles. The molecule has 1 saturated heterocycles. The smallest absolute Gasteiger partial charge is 0.239 e. The predicted molar refractivity (Wildman–Crippen MR) is 108 cm³/mol. The van der Waals surface area contributed by atoms with Crippen LogP contribution in [0.3, 0.4) is 0 Å². The lowest BCUT2D eigenvalue weighted by Crippen LogP contribution is -2.44. The predicted octanol–water partition coefficient (Wildman–Crippen LogP) is 2.17. The van der Waals surface area contributed by atoms with Gasteiger partial charge in [-0.3, -0.25) is 9.59 Å². The van der Waals surface area contributed by atoms with Crippen LogP contribution in [0, 0.1) is 19.8 Å². The van der Waals surface area contributed by atoms with Gasteiger partial charge in [-0.1, -0.05) is 6.92 Å². The van der Waals surface area contributed by atoms with Gasteiger partial charge in [0, 0.05) is 30.4 Å². The zero-order chi connectivity index (χ0) is 19.4. The van der Waals surface area contributed by atoms with Gasteiger partial charge in [0.1, 0.15) is 17.0 Å². The van der Waals surface area contributed by atoms with Gasteiger partial charge in [-0.15, -0.1) is 11.3 Å². The van der Waals surface area contributed by atoms with Crippen LogP contribution >= 0.6 is 11.3 Å². The van der Waals surface area contributed by atoms with E-state index in [0.29, 0.717) is 6.54 Å². The second kappa shape index (κ2) is 8.65. The van der Waals surface area contributed by atoms with Gasteiger partial charge in [0.25, 0.3) is 0 Å². The molecule has 3 rings (SSSR count). The van der Waals surface area contributed by atoms with Crippen molar-refractivity contribution in [3.8, 4) is 0 Å². The number of aryl methyl sites for hydroxylation is 2. The third kappa shape index (κ3) is 4.37. The molecule has 0 saturated carbocycles. The summed E-state index contributed by atoms with van der Waals surface area (Å²) in [6.45, 7) is 8.47. The number of nitrogens with one attached hydrogen (secondary N) is 2. The molecule has 2 aromatic heterocycles. The summed E-state index contributed by atoms with van der Waals surface area (Å²) in [6.07, 6.45) is 4.03. The van der Waals surface area contributed by atoms with Crippen LogP contribution in [-0.4, -0.2) is 48.0 Å². The van der Waals surface area contributed by atoms with E-state index in [4.69, 9.17) is 0 Å². The maximum atomic E-state index is 12.4.